The van der Waals surface area contributed by atoms with E-state index in [-0.39, 0.29) is 11.9 Å². The number of hydrogen-bond acceptors (Lipinski definition) is 7. The molecule has 1 aliphatic rings. The summed E-state index contributed by atoms with van der Waals surface area (Å²) in [7, 11) is 0. The van der Waals surface area contributed by atoms with Crippen molar-refractivity contribution in [2.24, 2.45) is 11.8 Å². The molecule has 0 bridgehead atoms. The Kier molecular flexibility index (Phi) is 14.0. The maximum atomic E-state index is 12.6. The van der Waals surface area contributed by atoms with Crippen molar-refractivity contribution in [2.75, 3.05) is 13.2 Å². The number of hydrogen-bond donors (Lipinski definition) is 0. The summed E-state index contributed by atoms with van der Waals surface area (Å²) in [5, 5.41) is 0. The van der Waals surface area contributed by atoms with Crippen molar-refractivity contribution in [3.63, 3.8) is 0 Å². The van der Waals surface area contributed by atoms with Crippen LogP contribution in [0.1, 0.15) is 94.3 Å². The van der Waals surface area contributed by atoms with Gasteiger partial charge in [-0.3, -0.25) is 4.79 Å². The van der Waals surface area contributed by atoms with Crippen LogP contribution in [0.15, 0.2) is 61.2 Å². The van der Waals surface area contributed by atoms with E-state index in [1.807, 2.05) is 0 Å². The molecular formula is C34H44O7. The van der Waals surface area contributed by atoms with Crippen molar-refractivity contribution in [3.05, 3.63) is 66.7 Å². The van der Waals surface area contributed by atoms with E-state index in [0.29, 0.717) is 36.0 Å². The Bertz CT molecular complexity index is 1080. The summed E-state index contributed by atoms with van der Waals surface area (Å²) >= 11 is 0. The fourth-order valence-corrected chi connectivity index (χ4v) is 4.98. The van der Waals surface area contributed by atoms with Gasteiger partial charge in [-0.15, -0.1) is 0 Å². The van der Waals surface area contributed by atoms with Crippen molar-refractivity contribution in [1.29, 1.82) is 0 Å². The van der Waals surface area contributed by atoms with E-state index in [9.17, 15) is 14.4 Å². The first-order valence-corrected chi connectivity index (χ1v) is 15.0. The molecule has 0 radical (unpaired) electrons. The minimum absolute atomic E-state index is 0.0394. The van der Waals surface area contributed by atoms with Gasteiger partial charge in [0.25, 0.3) is 0 Å². The van der Waals surface area contributed by atoms with Crippen LogP contribution in [-0.4, -0.2) is 31.1 Å². The highest BCUT2D eigenvalue weighted by molar-refractivity contribution is 5.91. The second kappa shape index (κ2) is 17.9. The molecule has 0 amide bonds. The third-order valence-electron chi connectivity index (χ3n) is 7.46. The van der Waals surface area contributed by atoms with Gasteiger partial charge in [-0.2, -0.15) is 0 Å². The predicted octanol–water partition coefficient (Wildman–Crippen LogP) is 7.87. The van der Waals surface area contributed by atoms with E-state index < -0.39 is 11.9 Å². The smallest absolute Gasteiger partial charge is 0.343 e. The van der Waals surface area contributed by atoms with Gasteiger partial charge in [0.15, 0.2) is 0 Å². The Balaban J connectivity index is 1.33. The third kappa shape index (κ3) is 11.8. The quantitative estimate of drug-likeness (QED) is 0.0836. The molecule has 1 fully saturated rings. The molecule has 2 aromatic rings. The summed E-state index contributed by atoms with van der Waals surface area (Å²) in [6, 6.07) is 13.4. The zero-order chi connectivity index (χ0) is 29.3. The van der Waals surface area contributed by atoms with Gasteiger partial charge in [-0.05, 0) is 106 Å². The molecule has 0 N–H and O–H groups in total. The summed E-state index contributed by atoms with van der Waals surface area (Å²) in [5.74, 6) is 1.17. The average Bonchev–Trinajstić information content (AvgIpc) is 3.00. The summed E-state index contributed by atoms with van der Waals surface area (Å²) in [4.78, 5) is 36.2. The topological polar surface area (TPSA) is 88.1 Å². The minimum Gasteiger partial charge on any atom is -0.494 e. The number of unbranched alkanes of at least 4 members (excludes halogenated alkanes) is 5. The van der Waals surface area contributed by atoms with E-state index in [1.54, 1.807) is 48.5 Å². The van der Waals surface area contributed by atoms with E-state index in [4.69, 9.17) is 18.9 Å². The van der Waals surface area contributed by atoms with Crippen molar-refractivity contribution in [3.8, 4) is 17.2 Å². The van der Waals surface area contributed by atoms with E-state index in [2.05, 4.69) is 13.5 Å². The number of carbonyl (C=O) groups excluding carboxylic acids is 3. The molecule has 7 nitrogen and oxygen atoms in total. The number of benzene rings is 2. The molecule has 2 aromatic carbocycles. The summed E-state index contributed by atoms with van der Waals surface area (Å²) in [6.45, 7) is 6.55. The highest BCUT2D eigenvalue weighted by Crippen LogP contribution is 2.33. The zero-order valence-electron chi connectivity index (χ0n) is 24.3. The van der Waals surface area contributed by atoms with Gasteiger partial charge in [0.1, 0.15) is 17.2 Å². The molecule has 0 aromatic heterocycles. The fraction of sp³-hybridized carbons (Fsp3) is 0.500. The lowest BCUT2D eigenvalue weighted by Gasteiger charge is -2.27. The van der Waals surface area contributed by atoms with Crippen LogP contribution in [0.4, 0.5) is 0 Å². The van der Waals surface area contributed by atoms with E-state index >= 15 is 0 Å². The highest BCUT2D eigenvalue weighted by atomic mass is 16.5. The second-order valence-corrected chi connectivity index (χ2v) is 10.7. The molecule has 0 atom stereocenters. The maximum absolute atomic E-state index is 12.6. The Hall–Kier alpha value is -3.61. The number of rotatable bonds is 17. The van der Waals surface area contributed by atoms with Crippen molar-refractivity contribution in [2.45, 2.75) is 84.0 Å². The molecule has 222 valence electrons. The summed E-state index contributed by atoms with van der Waals surface area (Å²) < 4.78 is 21.8. The first kappa shape index (κ1) is 31.9. The normalized spacial score (nSPS) is 16.4. The lowest BCUT2D eigenvalue weighted by atomic mass is 9.80. The monoisotopic (exact) mass is 564 g/mol. The Labute approximate surface area is 244 Å². The molecular weight excluding hydrogens is 520 g/mol. The molecule has 0 saturated heterocycles. The van der Waals surface area contributed by atoms with Gasteiger partial charge in [-0.25, -0.2) is 9.59 Å². The van der Waals surface area contributed by atoms with Gasteiger partial charge in [-0.1, -0.05) is 39.2 Å². The van der Waals surface area contributed by atoms with Gasteiger partial charge in [0, 0.05) is 6.08 Å². The van der Waals surface area contributed by atoms with Crippen LogP contribution in [0.2, 0.25) is 0 Å². The molecule has 41 heavy (non-hydrogen) atoms. The molecule has 1 saturated carbocycles. The van der Waals surface area contributed by atoms with Crippen LogP contribution in [0.5, 0.6) is 17.2 Å². The van der Waals surface area contributed by atoms with Crippen LogP contribution < -0.4 is 14.2 Å². The molecule has 0 spiro atoms. The Morgan fingerprint density at radius 3 is 2.00 bits per heavy atom. The van der Waals surface area contributed by atoms with Crippen molar-refractivity contribution >= 4 is 17.9 Å². The standard InChI is InChI=1S/C34H44O7/c1-3-5-8-11-26-12-14-27(15-13-26)33(36)40-30-20-22-31(23-21-30)41-34(37)28-16-18-29(19-17-28)38-24-9-6-7-10-25-39-32(35)4-2/h4,16-23,26-27H,2-3,5-15,24-25H2,1H3. The lowest BCUT2D eigenvalue weighted by molar-refractivity contribution is -0.140. The second-order valence-electron chi connectivity index (χ2n) is 10.7. The van der Waals surface area contributed by atoms with Gasteiger partial charge >= 0.3 is 17.9 Å². The maximum Gasteiger partial charge on any atom is 0.343 e. The average molecular weight is 565 g/mol. The highest BCUT2D eigenvalue weighted by Gasteiger charge is 2.27. The number of esters is 3. The molecule has 3 rings (SSSR count). The lowest BCUT2D eigenvalue weighted by Crippen LogP contribution is -2.25. The summed E-state index contributed by atoms with van der Waals surface area (Å²) in [5.41, 5.74) is 0.409. The van der Waals surface area contributed by atoms with Crippen LogP contribution in [0.3, 0.4) is 0 Å². The molecule has 0 unspecified atom stereocenters. The van der Waals surface area contributed by atoms with E-state index in [1.165, 1.54) is 25.7 Å². The zero-order valence-corrected chi connectivity index (χ0v) is 24.3. The Morgan fingerprint density at radius 2 is 1.37 bits per heavy atom. The molecule has 7 heteroatoms. The fourth-order valence-electron chi connectivity index (χ4n) is 4.98. The largest absolute Gasteiger partial charge is 0.494 e. The predicted molar refractivity (Wildman–Crippen MR) is 158 cm³/mol. The summed E-state index contributed by atoms with van der Waals surface area (Å²) in [6.07, 6.45) is 13.8. The first-order chi connectivity index (χ1) is 20.0. The third-order valence-corrected chi connectivity index (χ3v) is 7.46. The molecule has 0 heterocycles. The van der Waals surface area contributed by atoms with Crippen LogP contribution in [0.25, 0.3) is 0 Å². The Morgan fingerprint density at radius 1 is 0.756 bits per heavy atom. The molecule has 0 aliphatic heterocycles. The van der Waals surface area contributed by atoms with Crippen molar-refractivity contribution in [1.82, 2.24) is 0 Å². The number of ether oxygens (including phenoxy) is 4. The van der Waals surface area contributed by atoms with Crippen LogP contribution in [0, 0.1) is 11.8 Å². The molecule has 1 aliphatic carbocycles. The minimum atomic E-state index is -0.478. The van der Waals surface area contributed by atoms with Crippen LogP contribution in [-0.2, 0) is 14.3 Å². The SMILES string of the molecule is C=CC(=O)OCCCCCCOc1ccc(C(=O)Oc2ccc(OC(=O)C3CCC(CCCCC)CC3)cc2)cc1. The van der Waals surface area contributed by atoms with Gasteiger partial charge < -0.3 is 18.9 Å². The number of carbonyl (C=O) groups is 3. The van der Waals surface area contributed by atoms with E-state index in [0.717, 1.165) is 63.4 Å². The van der Waals surface area contributed by atoms with Gasteiger partial charge in [0.2, 0.25) is 0 Å². The first-order valence-electron chi connectivity index (χ1n) is 15.0. The van der Waals surface area contributed by atoms with Crippen molar-refractivity contribution < 1.29 is 33.3 Å². The van der Waals surface area contributed by atoms with Crippen LogP contribution >= 0.6 is 0 Å². The van der Waals surface area contributed by atoms with Gasteiger partial charge in [0.05, 0.1) is 24.7 Å².